The Balaban J connectivity index is 1.49. The van der Waals surface area contributed by atoms with Crippen LogP contribution in [0.15, 0.2) is 18.2 Å². The van der Waals surface area contributed by atoms with Crippen molar-refractivity contribution < 1.29 is 9.18 Å². The second-order valence-electron chi connectivity index (χ2n) is 6.86. The maximum atomic E-state index is 13.3. The molecule has 1 aromatic rings. The zero-order chi connectivity index (χ0) is 16.2. The van der Waals surface area contributed by atoms with Crippen molar-refractivity contribution in [3.8, 4) is 0 Å². The monoisotopic (exact) mass is 319 g/mol. The van der Waals surface area contributed by atoms with Crippen LogP contribution < -0.4 is 5.32 Å². The number of rotatable bonds is 3. The zero-order valence-corrected chi connectivity index (χ0v) is 13.9. The van der Waals surface area contributed by atoms with E-state index in [2.05, 4.69) is 10.2 Å². The number of hydrogen-bond donors (Lipinski definition) is 1. The molecule has 1 atom stereocenters. The Morgan fingerprint density at radius 3 is 2.78 bits per heavy atom. The molecule has 0 aliphatic carbocycles. The number of nitrogens with one attached hydrogen (secondary N) is 1. The molecule has 2 saturated heterocycles. The average Bonchev–Trinajstić information content (AvgIpc) is 3.00. The summed E-state index contributed by atoms with van der Waals surface area (Å²) < 4.78 is 13.3. The maximum Gasteiger partial charge on any atom is 0.321 e. The van der Waals surface area contributed by atoms with E-state index in [0.717, 1.165) is 26.1 Å². The Bertz CT molecular complexity index is 557. The van der Waals surface area contributed by atoms with Gasteiger partial charge in [-0.1, -0.05) is 6.42 Å². The minimum Gasteiger partial charge on any atom is -0.324 e. The SMILES string of the molecule is Cc1cc(NC(=O)N2CC[C@@H](CN3CCCCC3)C2)ccc1F. The van der Waals surface area contributed by atoms with Gasteiger partial charge in [0.15, 0.2) is 0 Å². The summed E-state index contributed by atoms with van der Waals surface area (Å²) >= 11 is 0. The highest BCUT2D eigenvalue weighted by Crippen LogP contribution is 2.21. The highest BCUT2D eigenvalue weighted by molar-refractivity contribution is 5.89. The predicted octanol–water partition coefficient (Wildman–Crippen LogP) is 3.47. The van der Waals surface area contributed by atoms with Gasteiger partial charge in [-0.05, 0) is 69.0 Å². The number of urea groups is 1. The van der Waals surface area contributed by atoms with Gasteiger partial charge in [0.05, 0.1) is 0 Å². The molecule has 2 heterocycles. The first kappa shape index (κ1) is 16.2. The first-order valence-electron chi connectivity index (χ1n) is 8.66. The first-order valence-corrected chi connectivity index (χ1v) is 8.66. The van der Waals surface area contributed by atoms with Gasteiger partial charge in [0.25, 0.3) is 0 Å². The number of amides is 2. The molecule has 0 radical (unpaired) electrons. The summed E-state index contributed by atoms with van der Waals surface area (Å²) in [6.45, 7) is 6.86. The molecular weight excluding hydrogens is 293 g/mol. The second-order valence-corrected chi connectivity index (χ2v) is 6.86. The molecule has 0 aromatic heterocycles. The number of nitrogens with zero attached hydrogens (tertiary/aromatic N) is 2. The Morgan fingerprint density at radius 2 is 2.04 bits per heavy atom. The van der Waals surface area contributed by atoms with Gasteiger partial charge in [-0.2, -0.15) is 0 Å². The highest BCUT2D eigenvalue weighted by atomic mass is 19.1. The lowest BCUT2D eigenvalue weighted by molar-refractivity contribution is 0.192. The number of halogens is 1. The number of carbonyl (C=O) groups is 1. The third kappa shape index (κ3) is 4.22. The molecule has 0 spiro atoms. The lowest BCUT2D eigenvalue weighted by atomic mass is 10.1. The van der Waals surface area contributed by atoms with Crippen molar-refractivity contribution >= 4 is 11.7 Å². The van der Waals surface area contributed by atoms with Gasteiger partial charge in [-0.15, -0.1) is 0 Å². The van der Waals surface area contributed by atoms with Crippen LogP contribution >= 0.6 is 0 Å². The number of piperidine rings is 1. The van der Waals surface area contributed by atoms with Gasteiger partial charge in [-0.3, -0.25) is 0 Å². The largest absolute Gasteiger partial charge is 0.324 e. The number of hydrogen-bond acceptors (Lipinski definition) is 2. The Labute approximate surface area is 137 Å². The molecule has 4 nitrogen and oxygen atoms in total. The molecule has 2 amide bonds. The Kier molecular flexibility index (Phi) is 5.16. The fourth-order valence-corrected chi connectivity index (χ4v) is 3.60. The van der Waals surface area contributed by atoms with Crippen molar-refractivity contribution in [3.05, 3.63) is 29.6 Å². The summed E-state index contributed by atoms with van der Waals surface area (Å²) in [6, 6.07) is 4.61. The lowest BCUT2D eigenvalue weighted by Gasteiger charge is -2.29. The van der Waals surface area contributed by atoms with Crippen LogP contribution in [0.1, 0.15) is 31.2 Å². The third-order valence-corrected chi connectivity index (χ3v) is 4.95. The standard InChI is InChI=1S/C18H26FN3O/c1-14-11-16(5-6-17(14)19)20-18(23)22-10-7-15(13-22)12-21-8-3-2-4-9-21/h5-6,11,15H,2-4,7-10,12-13H2,1H3,(H,20,23)/t15-/m0/s1. The molecule has 0 bridgehead atoms. The van der Waals surface area contributed by atoms with E-state index in [1.54, 1.807) is 19.1 Å². The molecule has 0 saturated carbocycles. The summed E-state index contributed by atoms with van der Waals surface area (Å²) in [5.74, 6) is 0.333. The average molecular weight is 319 g/mol. The maximum absolute atomic E-state index is 13.3. The molecule has 0 unspecified atom stereocenters. The van der Waals surface area contributed by atoms with Crippen molar-refractivity contribution in [2.24, 2.45) is 5.92 Å². The fraction of sp³-hybridized carbons (Fsp3) is 0.611. The second kappa shape index (κ2) is 7.30. The third-order valence-electron chi connectivity index (χ3n) is 4.95. The zero-order valence-electron chi connectivity index (χ0n) is 13.9. The van der Waals surface area contributed by atoms with Crippen LogP contribution in [0.3, 0.4) is 0 Å². The summed E-state index contributed by atoms with van der Waals surface area (Å²) in [6.07, 6.45) is 5.04. The molecule has 2 aliphatic heterocycles. The molecule has 126 valence electrons. The minimum absolute atomic E-state index is 0.0721. The lowest BCUT2D eigenvalue weighted by Crippen LogP contribution is -2.37. The Hall–Kier alpha value is -1.62. The number of carbonyl (C=O) groups excluding carboxylic acids is 1. The van der Waals surface area contributed by atoms with Crippen LogP contribution in [0.5, 0.6) is 0 Å². The van der Waals surface area contributed by atoms with E-state index in [9.17, 15) is 9.18 Å². The molecule has 23 heavy (non-hydrogen) atoms. The quantitative estimate of drug-likeness (QED) is 0.926. The van der Waals surface area contributed by atoms with E-state index in [1.165, 1.54) is 38.4 Å². The van der Waals surface area contributed by atoms with E-state index in [1.807, 2.05) is 4.90 Å². The normalized spacial score (nSPS) is 22.3. The molecule has 3 rings (SSSR count). The summed E-state index contributed by atoms with van der Waals surface area (Å²) in [7, 11) is 0. The van der Waals surface area contributed by atoms with Crippen LogP contribution in [-0.4, -0.2) is 48.6 Å². The van der Waals surface area contributed by atoms with Gasteiger partial charge < -0.3 is 15.1 Å². The van der Waals surface area contributed by atoms with Crippen molar-refractivity contribution in [3.63, 3.8) is 0 Å². The van der Waals surface area contributed by atoms with Crippen LogP contribution in [0.25, 0.3) is 0 Å². The van der Waals surface area contributed by atoms with Crippen LogP contribution in [0.2, 0.25) is 0 Å². The smallest absolute Gasteiger partial charge is 0.321 e. The van der Waals surface area contributed by atoms with Gasteiger partial charge in [0.1, 0.15) is 5.82 Å². The summed E-state index contributed by atoms with van der Waals surface area (Å²) in [5.41, 5.74) is 1.21. The van der Waals surface area contributed by atoms with Gasteiger partial charge >= 0.3 is 6.03 Å². The summed E-state index contributed by atoms with van der Waals surface area (Å²) in [5, 5.41) is 2.88. The minimum atomic E-state index is -0.245. The molecule has 2 fully saturated rings. The highest BCUT2D eigenvalue weighted by Gasteiger charge is 2.28. The molecule has 2 aliphatic rings. The van der Waals surface area contributed by atoms with Crippen LogP contribution in [0.4, 0.5) is 14.9 Å². The number of likely N-dealkylation sites (tertiary alicyclic amines) is 2. The topological polar surface area (TPSA) is 35.6 Å². The number of anilines is 1. The molecule has 1 aromatic carbocycles. The van der Waals surface area contributed by atoms with Crippen molar-refractivity contribution in [1.82, 2.24) is 9.80 Å². The number of aryl methyl sites for hydroxylation is 1. The van der Waals surface area contributed by atoms with Gasteiger partial charge in [0.2, 0.25) is 0 Å². The molecule has 1 N–H and O–H groups in total. The van der Waals surface area contributed by atoms with Crippen LogP contribution in [-0.2, 0) is 0 Å². The molecular formula is C18H26FN3O. The van der Waals surface area contributed by atoms with Crippen LogP contribution in [0, 0.1) is 18.7 Å². The van der Waals surface area contributed by atoms with Crippen molar-refractivity contribution in [2.45, 2.75) is 32.6 Å². The number of benzene rings is 1. The fourth-order valence-electron chi connectivity index (χ4n) is 3.60. The summed E-state index contributed by atoms with van der Waals surface area (Å²) in [4.78, 5) is 16.8. The van der Waals surface area contributed by atoms with E-state index in [-0.39, 0.29) is 11.8 Å². The van der Waals surface area contributed by atoms with Crippen molar-refractivity contribution in [2.75, 3.05) is 38.0 Å². The van der Waals surface area contributed by atoms with E-state index < -0.39 is 0 Å². The van der Waals surface area contributed by atoms with Gasteiger partial charge in [-0.25, -0.2) is 9.18 Å². The van der Waals surface area contributed by atoms with E-state index in [0.29, 0.717) is 17.2 Å². The molecule has 5 heteroatoms. The van der Waals surface area contributed by atoms with Crippen molar-refractivity contribution in [1.29, 1.82) is 0 Å². The predicted molar refractivity (Wildman–Crippen MR) is 90.1 cm³/mol. The van der Waals surface area contributed by atoms with E-state index >= 15 is 0 Å². The van der Waals surface area contributed by atoms with E-state index in [4.69, 9.17) is 0 Å². The van der Waals surface area contributed by atoms with Gasteiger partial charge in [0, 0.05) is 25.3 Å². The Morgan fingerprint density at radius 1 is 1.26 bits per heavy atom. The first-order chi connectivity index (χ1) is 11.1.